The first-order chi connectivity index (χ1) is 13.3. The lowest BCUT2D eigenvalue weighted by molar-refractivity contribution is 0.225. The summed E-state index contributed by atoms with van der Waals surface area (Å²) in [7, 11) is 0. The van der Waals surface area contributed by atoms with Crippen LogP contribution in [0.2, 0.25) is 0 Å². The first kappa shape index (κ1) is 17.8. The van der Waals surface area contributed by atoms with E-state index in [0.717, 1.165) is 35.4 Å². The van der Waals surface area contributed by atoms with Crippen molar-refractivity contribution < 1.29 is 4.74 Å². The molecule has 0 aliphatic carbocycles. The highest BCUT2D eigenvalue weighted by atomic mass is 32.2. The Hall–Kier alpha value is -2.60. The van der Waals surface area contributed by atoms with Crippen molar-refractivity contribution in [3.05, 3.63) is 59.7 Å². The molecule has 1 N–H and O–H groups in total. The summed E-state index contributed by atoms with van der Waals surface area (Å²) >= 11 is 1.60. The molecule has 6 heteroatoms. The zero-order valence-electron chi connectivity index (χ0n) is 15.5. The molecule has 2 aromatic carbocycles. The molecule has 2 heterocycles. The number of para-hydroxylation sites is 1. The number of thioether (sulfide) groups is 1. The van der Waals surface area contributed by atoms with E-state index in [1.54, 1.807) is 11.8 Å². The van der Waals surface area contributed by atoms with Crippen LogP contribution in [0.3, 0.4) is 0 Å². The Bertz CT molecular complexity index is 930. The number of ether oxygens (including phenoxy) is 1. The quantitative estimate of drug-likeness (QED) is 0.623. The van der Waals surface area contributed by atoms with Crippen molar-refractivity contribution in [1.82, 2.24) is 15.2 Å². The van der Waals surface area contributed by atoms with Crippen molar-refractivity contribution in [3.63, 3.8) is 0 Å². The Morgan fingerprint density at radius 3 is 2.63 bits per heavy atom. The molecule has 4 rings (SSSR count). The van der Waals surface area contributed by atoms with Crippen LogP contribution in [0.15, 0.2) is 53.7 Å². The predicted octanol–water partition coefficient (Wildman–Crippen LogP) is 5.11. The van der Waals surface area contributed by atoms with Crippen LogP contribution in [0, 0.1) is 0 Å². The van der Waals surface area contributed by atoms with Crippen molar-refractivity contribution in [3.8, 4) is 17.1 Å². The number of rotatable bonds is 5. The molecule has 0 saturated heterocycles. The number of aryl methyl sites for hydroxylation is 1. The summed E-state index contributed by atoms with van der Waals surface area (Å²) in [6.07, 6.45) is 1.74. The largest absolute Gasteiger partial charge is 0.448 e. The Labute approximate surface area is 163 Å². The van der Waals surface area contributed by atoms with E-state index in [4.69, 9.17) is 4.74 Å². The van der Waals surface area contributed by atoms with Crippen LogP contribution in [0.4, 0.5) is 5.69 Å². The normalized spacial score (nSPS) is 15.1. The monoisotopic (exact) mass is 378 g/mol. The number of benzene rings is 2. The molecule has 3 aromatic rings. The fourth-order valence-corrected chi connectivity index (χ4v) is 3.61. The minimum absolute atomic E-state index is 0.334. The Morgan fingerprint density at radius 1 is 1.04 bits per heavy atom. The fourth-order valence-electron chi connectivity index (χ4n) is 2.98. The zero-order valence-corrected chi connectivity index (χ0v) is 16.3. The molecule has 1 atom stereocenters. The van der Waals surface area contributed by atoms with Crippen molar-refractivity contribution in [2.24, 2.45) is 0 Å². The van der Waals surface area contributed by atoms with Crippen LogP contribution in [-0.4, -0.2) is 20.9 Å². The SMILES string of the molecule is CCCSc1nnc2c(n1)O[C@@H](c1ccc(CC)cc1)Nc1ccccc1-2. The van der Waals surface area contributed by atoms with Crippen LogP contribution in [0.1, 0.15) is 37.6 Å². The van der Waals surface area contributed by atoms with Gasteiger partial charge in [-0.25, -0.2) is 0 Å². The molecule has 0 fully saturated rings. The van der Waals surface area contributed by atoms with Gasteiger partial charge in [0.1, 0.15) is 0 Å². The number of nitrogens with one attached hydrogen (secondary N) is 1. The molecule has 5 nitrogen and oxygen atoms in total. The predicted molar refractivity (Wildman–Crippen MR) is 109 cm³/mol. The summed E-state index contributed by atoms with van der Waals surface area (Å²) in [5.41, 5.74) is 4.94. The van der Waals surface area contributed by atoms with E-state index < -0.39 is 0 Å². The van der Waals surface area contributed by atoms with E-state index in [9.17, 15) is 0 Å². The van der Waals surface area contributed by atoms with Gasteiger partial charge in [0.05, 0.1) is 0 Å². The Balaban J connectivity index is 1.75. The van der Waals surface area contributed by atoms with Gasteiger partial charge in [0.25, 0.3) is 0 Å². The van der Waals surface area contributed by atoms with Gasteiger partial charge < -0.3 is 10.1 Å². The zero-order chi connectivity index (χ0) is 18.6. The number of hydrogen-bond acceptors (Lipinski definition) is 6. The van der Waals surface area contributed by atoms with E-state index in [0.29, 0.717) is 16.7 Å². The van der Waals surface area contributed by atoms with Gasteiger partial charge in [0.15, 0.2) is 11.9 Å². The summed E-state index contributed by atoms with van der Waals surface area (Å²) in [6, 6.07) is 16.5. The minimum atomic E-state index is -0.334. The van der Waals surface area contributed by atoms with Gasteiger partial charge >= 0.3 is 0 Å². The smallest absolute Gasteiger partial charge is 0.247 e. The van der Waals surface area contributed by atoms with Crippen LogP contribution in [-0.2, 0) is 6.42 Å². The van der Waals surface area contributed by atoms with Gasteiger partial charge in [0.2, 0.25) is 11.0 Å². The fraction of sp³-hybridized carbons (Fsp3) is 0.286. The standard InChI is InChI=1S/C21H22N4OS/c1-3-13-27-21-23-20-18(24-25-21)16-7-5-6-8-17(16)22-19(26-20)15-11-9-14(4-2)10-12-15/h5-12,19,22H,3-4,13H2,1-2H3/t19-/m0/s1. The molecule has 27 heavy (non-hydrogen) atoms. The van der Waals surface area contributed by atoms with E-state index in [2.05, 4.69) is 58.6 Å². The third-order valence-electron chi connectivity index (χ3n) is 4.46. The topological polar surface area (TPSA) is 59.9 Å². The second-order valence-electron chi connectivity index (χ2n) is 6.38. The van der Waals surface area contributed by atoms with Crippen LogP contribution in [0.25, 0.3) is 11.3 Å². The Kier molecular flexibility index (Phi) is 5.25. The van der Waals surface area contributed by atoms with E-state index in [1.165, 1.54) is 5.56 Å². The molecule has 0 saturated carbocycles. The van der Waals surface area contributed by atoms with Gasteiger partial charge in [-0.3, -0.25) is 0 Å². The molecule has 1 aliphatic heterocycles. The second-order valence-corrected chi connectivity index (χ2v) is 7.44. The summed E-state index contributed by atoms with van der Waals surface area (Å²) in [5, 5.41) is 12.8. The van der Waals surface area contributed by atoms with E-state index in [-0.39, 0.29) is 6.23 Å². The van der Waals surface area contributed by atoms with Crippen LogP contribution in [0.5, 0.6) is 5.88 Å². The highest BCUT2D eigenvalue weighted by Crippen LogP contribution is 2.39. The molecule has 1 aromatic heterocycles. The summed E-state index contributed by atoms with van der Waals surface area (Å²) < 4.78 is 6.28. The van der Waals surface area contributed by atoms with E-state index in [1.807, 2.05) is 24.3 Å². The second kappa shape index (κ2) is 7.96. The molecule has 0 unspecified atom stereocenters. The Morgan fingerprint density at radius 2 is 1.85 bits per heavy atom. The average molecular weight is 379 g/mol. The molecular weight excluding hydrogens is 356 g/mol. The lowest BCUT2D eigenvalue weighted by Crippen LogP contribution is -2.17. The summed E-state index contributed by atoms with van der Waals surface area (Å²) in [4.78, 5) is 4.65. The number of fused-ring (bicyclic) bond motifs is 3. The summed E-state index contributed by atoms with van der Waals surface area (Å²) in [6.45, 7) is 4.29. The first-order valence-electron chi connectivity index (χ1n) is 9.27. The van der Waals surface area contributed by atoms with Gasteiger partial charge in [-0.05, 0) is 24.5 Å². The van der Waals surface area contributed by atoms with Crippen molar-refractivity contribution in [2.75, 3.05) is 11.1 Å². The van der Waals surface area contributed by atoms with Gasteiger partial charge in [-0.15, -0.1) is 10.2 Å². The summed E-state index contributed by atoms with van der Waals surface area (Å²) in [5.74, 6) is 1.47. The number of hydrogen-bond donors (Lipinski definition) is 1. The van der Waals surface area contributed by atoms with Gasteiger partial charge in [-0.1, -0.05) is 68.1 Å². The van der Waals surface area contributed by atoms with Crippen molar-refractivity contribution in [1.29, 1.82) is 0 Å². The highest BCUT2D eigenvalue weighted by molar-refractivity contribution is 7.99. The minimum Gasteiger partial charge on any atom is -0.448 e. The molecule has 0 spiro atoms. The molecule has 0 amide bonds. The maximum atomic E-state index is 6.28. The third kappa shape index (κ3) is 3.76. The van der Waals surface area contributed by atoms with Crippen molar-refractivity contribution in [2.45, 2.75) is 38.1 Å². The molecule has 1 aliphatic rings. The maximum absolute atomic E-state index is 6.28. The lowest BCUT2D eigenvalue weighted by atomic mass is 10.1. The molecular formula is C21H22N4OS. The lowest BCUT2D eigenvalue weighted by Gasteiger charge is -2.19. The van der Waals surface area contributed by atoms with Crippen LogP contribution >= 0.6 is 11.8 Å². The molecule has 0 radical (unpaired) electrons. The number of aromatic nitrogens is 3. The van der Waals surface area contributed by atoms with Crippen LogP contribution < -0.4 is 10.1 Å². The first-order valence-corrected chi connectivity index (χ1v) is 10.3. The van der Waals surface area contributed by atoms with E-state index >= 15 is 0 Å². The number of anilines is 1. The van der Waals surface area contributed by atoms with Gasteiger partial charge in [0, 0.05) is 22.6 Å². The highest BCUT2D eigenvalue weighted by Gasteiger charge is 2.25. The van der Waals surface area contributed by atoms with Crippen molar-refractivity contribution >= 4 is 17.4 Å². The average Bonchev–Trinajstić information content (AvgIpc) is 2.88. The third-order valence-corrected chi connectivity index (χ3v) is 5.50. The van der Waals surface area contributed by atoms with Gasteiger partial charge in [-0.2, -0.15) is 4.98 Å². The maximum Gasteiger partial charge on any atom is 0.247 e. The number of nitrogens with zero attached hydrogens (tertiary/aromatic N) is 3. The molecule has 0 bridgehead atoms. The molecule has 138 valence electrons.